The third-order valence-corrected chi connectivity index (χ3v) is 10.7. The SMILES string of the molecule is [CH2-]/C=C\C.[CH2-]/C=C\C.[Pt+2].c1ccc(P(CCP(c2ccccc2)c2ccccc2)c2ccccc2)cc1. The van der Waals surface area contributed by atoms with Crippen molar-refractivity contribution in [1.29, 1.82) is 0 Å². The topological polar surface area (TPSA) is 0 Å². The molecule has 0 atom stereocenters. The van der Waals surface area contributed by atoms with Crippen molar-refractivity contribution in [2.24, 2.45) is 0 Å². The molecule has 0 aromatic heterocycles. The molecule has 4 rings (SSSR count). The molecule has 0 nitrogen and oxygen atoms in total. The van der Waals surface area contributed by atoms with Crippen LogP contribution >= 0.6 is 15.8 Å². The van der Waals surface area contributed by atoms with Crippen molar-refractivity contribution < 1.29 is 21.1 Å². The zero-order valence-electron chi connectivity index (χ0n) is 21.9. The fourth-order valence-electron chi connectivity index (χ4n) is 3.45. The largest absolute Gasteiger partial charge is 2.00 e. The average molecular weight is 704 g/mol. The van der Waals surface area contributed by atoms with Crippen LogP contribution in [0, 0.1) is 13.8 Å². The molecule has 0 aliphatic carbocycles. The van der Waals surface area contributed by atoms with E-state index in [1.54, 1.807) is 12.2 Å². The van der Waals surface area contributed by atoms with E-state index in [0.29, 0.717) is 0 Å². The van der Waals surface area contributed by atoms with Gasteiger partial charge < -0.3 is 0 Å². The van der Waals surface area contributed by atoms with Crippen LogP contribution in [0.1, 0.15) is 13.8 Å². The normalized spacial score (nSPS) is 10.4. The fraction of sp³-hybridized carbons (Fsp3) is 0.118. The molecule has 0 amide bonds. The van der Waals surface area contributed by atoms with E-state index in [1.165, 1.54) is 33.5 Å². The van der Waals surface area contributed by atoms with Gasteiger partial charge in [0.15, 0.2) is 0 Å². The van der Waals surface area contributed by atoms with Crippen molar-refractivity contribution in [2.45, 2.75) is 13.8 Å². The van der Waals surface area contributed by atoms with E-state index in [4.69, 9.17) is 0 Å². The Morgan fingerprint density at radius 1 is 0.459 bits per heavy atom. The minimum atomic E-state index is -0.348. The molecule has 0 aliphatic heterocycles. The van der Waals surface area contributed by atoms with Gasteiger partial charge in [0.05, 0.1) is 0 Å². The van der Waals surface area contributed by atoms with E-state index in [-0.39, 0.29) is 36.9 Å². The van der Waals surface area contributed by atoms with E-state index >= 15 is 0 Å². The second kappa shape index (κ2) is 20.7. The number of benzene rings is 4. The first-order valence-corrected chi connectivity index (χ1v) is 15.4. The Balaban J connectivity index is 0.000000671. The molecule has 194 valence electrons. The van der Waals surface area contributed by atoms with Crippen molar-refractivity contribution in [2.75, 3.05) is 12.3 Å². The van der Waals surface area contributed by atoms with Gasteiger partial charge in [-0.2, -0.15) is 0 Å². The first-order valence-electron chi connectivity index (χ1n) is 12.3. The van der Waals surface area contributed by atoms with Gasteiger partial charge in [-0.3, -0.25) is 0 Å². The molecule has 0 heterocycles. The van der Waals surface area contributed by atoms with Crippen molar-refractivity contribution in [1.82, 2.24) is 0 Å². The van der Waals surface area contributed by atoms with Crippen LogP contribution in [0.4, 0.5) is 0 Å². The minimum Gasteiger partial charge on any atom is -0.245 e. The van der Waals surface area contributed by atoms with Crippen LogP contribution in [0.3, 0.4) is 0 Å². The molecular weight excluding hydrogens is 665 g/mol. The summed E-state index contributed by atoms with van der Waals surface area (Å²) in [6.45, 7) is 10.7. The third kappa shape index (κ3) is 12.2. The van der Waals surface area contributed by atoms with Crippen LogP contribution in [0.2, 0.25) is 0 Å². The molecule has 0 aliphatic rings. The fourth-order valence-corrected chi connectivity index (χ4v) is 8.80. The Labute approximate surface area is 242 Å². The van der Waals surface area contributed by atoms with E-state index in [2.05, 4.69) is 135 Å². The van der Waals surface area contributed by atoms with Crippen LogP contribution in [0.15, 0.2) is 146 Å². The zero-order valence-corrected chi connectivity index (χ0v) is 26.0. The molecule has 0 bridgehead atoms. The molecule has 0 fully saturated rings. The maximum absolute atomic E-state index is 3.42. The Morgan fingerprint density at radius 3 is 0.811 bits per heavy atom. The molecular formula is C34H38P2Pt. The van der Waals surface area contributed by atoms with Crippen LogP contribution in [0.5, 0.6) is 0 Å². The Kier molecular flexibility index (Phi) is 18.3. The van der Waals surface area contributed by atoms with E-state index in [1.807, 2.05) is 26.0 Å². The van der Waals surface area contributed by atoms with E-state index in [9.17, 15) is 0 Å². The Hall–Kier alpha value is -2.35. The summed E-state index contributed by atoms with van der Waals surface area (Å²) < 4.78 is 0. The van der Waals surface area contributed by atoms with Gasteiger partial charge >= 0.3 is 21.1 Å². The quantitative estimate of drug-likeness (QED) is 0.135. The minimum absolute atomic E-state index is 0. The summed E-state index contributed by atoms with van der Waals surface area (Å²) in [6, 6.07) is 44.2. The molecule has 0 N–H and O–H groups in total. The monoisotopic (exact) mass is 703 g/mol. The first kappa shape index (κ1) is 32.7. The molecule has 4 aromatic carbocycles. The van der Waals surface area contributed by atoms with Crippen LogP contribution in [-0.4, -0.2) is 12.3 Å². The number of allylic oxidation sites excluding steroid dienone is 4. The van der Waals surface area contributed by atoms with Crippen molar-refractivity contribution in [3.8, 4) is 0 Å². The van der Waals surface area contributed by atoms with Gasteiger partial charge in [-0.05, 0) is 49.4 Å². The van der Waals surface area contributed by atoms with Crippen LogP contribution in [-0.2, 0) is 21.1 Å². The van der Waals surface area contributed by atoms with Gasteiger partial charge in [0.25, 0.3) is 0 Å². The van der Waals surface area contributed by atoms with Gasteiger partial charge in [0, 0.05) is 0 Å². The molecule has 0 saturated heterocycles. The summed E-state index contributed by atoms with van der Waals surface area (Å²) in [6.07, 6.45) is 9.69. The molecule has 0 saturated carbocycles. The van der Waals surface area contributed by atoms with E-state index < -0.39 is 0 Å². The average Bonchev–Trinajstić information content (AvgIpc) is 2.97. The molecule has 0 spiro atoms. The predicted octanol–water partition coefficient (Wildman–Crippen LogP) is 8.04. The molecule has 3 heteroatoms. The van der Waals surface area contributed by atoms with Crippen molar-refractivity contribution in [3.05, 3.63) is 159 Å². The second-order valence-corrected chi connectivity index (χ2v) is 12.5. The second-order valence-electron chi connectivity index (χ2n) is 7.78. The third-order valence-electron chi connectivity index (χ3n) is 5.29. The van der Waals surface area contributed by atoms with Crippen LogP contribution in [0.25, 0.3) is 0 Å². The standard InChI is InChI=1S/C26H24P2.2C4H7.Pt/c1-5-13-23(14-6-1)27(24-15-7-2-8-16-24)21-22-28(25-17-9-3-10-18-25)26-19-11-4-12-20-26;2*1-3-4-2;/h1-20H,21-22H2;2*3-4H,1H2,2H3;/q;2*-1;+2/b;2*4-3-;. The van der Waals surface area contributed by atoms with E-state index in [0.717, 1.165) is 0 Å². The summed E-state index contributed by atoms with van der Waals surface area (Å²) in [4.78, 5) is 0. The zero-order chi connectivity index (χ0) is 25.8. The number of hydrogen-bond acceptors (Lipinski definition) is 0. The Morgan fingerprint density at radius 2 is 0.649 bits per heavy atom. The summed E-state index contributed by atoms with van der Waals surface area (Å²) in [5, 5.41) is 5.89. The van der Waals surface area contributed by atoms with Gasteiger partial charge in [-0.15, -0.1) is 13.8 Å². The molecule has 0 radical (unpaired) electrons. The van der Waals surface area contributed by atoms with Crippen molar-refractivity contribution >= 4 is 37.1 Å². The van der Waals surface area contributed by atoms with Gasteiger partial charge in [0.1, 0.15) is 0 Å². The van der Waals surface area contributed by atoms with Crippen LogP contribution < -0.4 is 21.2 Å². The molecule has 0 unspecified atom stereocenters. The maximum Gasteiger partial charge on any atom is 2.00 e. The van der Waals surface area contributed by atoms with Gasteiger partial charge in [-0.25, -0.2) is 38.2 Å². The maximum atomic E-state index is 3.42. The summed E-state index contributed by atoms with van der Waals surface area (Å²) in [7, 11) is -0.696. The summed E-state index contributed by atoms with van der Waals surface area (Å²) in [5.41, 5.74) is 0. The smallest absolute Gasteiger partial charge is 0.245 e. The van der Waals surface area contributed by atoms with Crippen molar-refractivity contribution in [3.63, 3.8) is 0 Å². The number of rotatable bonds is 7. The van der Waals surface area contributed by atoms with Gasteiger partial charge in [0.2, 0.25) is 0 Å². The molecule has 37 heavy (non-hydrogen) atoms. The van der Waals surface area contributed by atoms with Gasteiger partial charge in [-0.1, -0.05) is 121 Å². The summed E-state index contributed by atoms with van der Waals surface area (Å²) >= 11 is 0. The Bertz CT molecular complexity index is 932. The predicted molar refractivity (Wildman–Crippen MR) is 168 cm³/mol. The number of hydrogen-bond donors (Lipinski definition) is 0. The summed E-state index contributed by atoms with van der Waals surface area (Å²) in [5.74, 6) is 0. The molecule has 4 aromatic rings. The first-order chi connectivity index (χ1) is 17.7.